The lowest BCUT2D eigenvalue weighted by atomic mass is 9.93. The van der Waals surface area contributed by atoms with Crippen molar-refractivity contribution < 1.29 is 0 Å². The topological polar surface area (TPSA) is 70.7 Å². The molecule has 5 heteroatoms. The molecule has 5 nitrogen and oxygen atoms in total. The van der Waals surface area contributed by atoms with Crippen molar-refractivity contribution in [1.29, 1.82) is 0 Å². The number of aromatic amines is 1. The van der Waals surface area contributed by atoms with E-state index >= 15 is 0 Å². The number of H-pyrrole nitrogens is 1. The van der Waals surface area contributed by atoms with E-state index in [0.29, 0.717) is 11.6 Å². The molecule has 0 saturated heterocycles. The van der Waals surface area contributed by atoms with E-state index in [1.54, 1.807) is 0 Å². The van der Waals surface area contributed by atoms with E-state index in [0.717, 1.165) is 0 Å². The summed E-state index contributed by atoms with van der Waals surface area (Å²) in [6.45, 7) is 11.8. The molecule has 0 amide bonds. The summed E-state index contributed by atoms with van der Waals surface area (Å²) in [5.74, 6) is 0.408. The smallest absolute Gasteiger partial charge is 0.274 e. The van der Waals surface area contributed by atoms with Crippen LogP contribution in [0.3, 0.4) is 0 Å². The molecule has 1 aromatic heterocycles. The highest BCUT2D eigenvalue weighted by molar-refractivity contribution is 5.26. The molecular weight excluding hydrogens is 204 g/mol. The fraction of sp³-hybridized carbons (Fsp3) is 0.727. The molecule has 0 unspecified atom stereocenters. The second-order valence-electron chi connectivity index (χ2n) is 5.98. The van der Waals surface area contributed by atoms with Gasteiger partial charge in [-0.05, 0) is 20.8 Å². The first-order valence-electron chi connectivity index (χ1n) is 5.35. The minimum atomic E-state index is -0.291. The van der Waals surface area contributed by atoms with Gasteiger partial charge in [0.25, 0.3) is 5.56 Å². The fourth-order valence-electron chi connectivity index (χ4n) is 1.24. The van der Waals surface area contributed by atoms with Crippen molar-refractivity contribution in [3.63, 3.8) is 0 Å². The minimum Gasteiger partial charge on any atom is -0.350 e. The zero-order valence-electron chi connectivity index (χ0n) is 10.8. The minimum absolute atomic E-state index is 0.152. The Labute approximate surface area is 95.7 Å². The average molecular weight is 224 g/mol. The first-order chi connectivity index (χ1) is 7.09. The maximum absolute atomic E-state index is 11.8. The Morgan fingerprint density at radius 2 is 1.62 bits per heavy atom. The SMILES string of the molecule is CC(C)(C)Nc1nnc(C(C)(C)C)c(=O)[nH]1. The third-order valence-electron chi connectivity index (χ3n) is 1.90. The van der Waals surface area contributed by atoms with Gasteiger partial charge in [-0.3, -0.25) is 9.78 Å². The van der Waals surface area contributed by atoms with Crippen molar-refractivity contribution in [2.24, 2.45) is 0 Å². The van der Waals surface area contributed by atoms with Crippen LogP contribution in [0, 0.1) is 0 Å². The summed E-state index contributed by atoms with van der Waals surface area (Å²) >= 11 is 0. The van der Waals surface area contributed by atoms with Gasteiger partial charge in [0.05, 0.1) is 0 Å². The number of hydrogen-bond donors (Lipinski definition) is 2. The first kappa shape index (κ1) is 12.7. The molecule has 0 aromatic carbocycles. The maximum atomic E-state index is 11.8. The van der Waals surface area contributed by atoms with Gasteiger partial charge in [-0.15, -0.1) is 10.2 Å². The van der Waals surface area contributed by atoms with Crippen LogP contribution in [-0.2, 0) is 5.41 Å². The molecule has 1 heterocycles. The highest BCUT2D eigenvalue weighted by Gasteiger charge is 2.21. The molecule has 0 saturated carbocycles. The van der Waals surface area contributed by atoms with Crippen molar-refractivity contribution in [2.75, 3.05) is 5.32 Å². The Kier molecular flexibility index (Phi) is 3.08. The summed E-state index contributed by atoms with van der Waals surface area (Å²) in [6.07, 6.45) is 0. The van der Waals surface area contributed by atoms with Gasteiger partial charge in [0, 0.05) is 11.0 Å². The Morgan fingerprint density at radius 1 is 1.06 bits per heavy atom. The van der Waals surface area contributed by atoms with E-state index in [2.05, 4.69) is 20.5 Å². The van der Waals surface area contributed by atoms with Crippen molar-refractivity contribution in [3.8, 4) is 0 Å². The molecule has 0 bridgehead atoms. The standard InChI is InChI=1S/C11H20N4O/c1-10(2,3)7-8(16)12-9(15-14-7)13-11(4,5)6/h1-6H3,(H2,12,13,15,16). The molecular formula is C11H20N4O. The predicted octanol–water partition coefficient (Wildman–Crippen LogP) is 1.67. The maximum Gasteiger partial charge on any atom is 0.274 e. The molecule has 90 valence electrons. The highest BCUT2D eigenvalue weighted by Crippen LogP contribution is 2.15. The normalized spacial score (nSPS) is 12.6. The lowest BCUT2D eigenvalue weighted by molar-refractivity contribution is 0.543. The Bertz CT molecular complexity index is 423. The van der Waals surface area contributed by atoms with Crippen molar-refractivity contribution >= 4 is 5.95 Å². The Morgan fingerprint density at radius 3 is 2.00 bits per heavy atom. The quantitative estimate of drug-likeness (QED) is 0.761. The van der Waals surface area contributed by atoms with Crippen LogP contribution in [0.1, 0.15) is 47.2 Å². The van der Waals surface area contributed by atoms with E-state index in [9.17, 15) is 4.79 Å². The molecule has 16 heavy (non-hydrogen) atoms. The van der Waals surface area contributed by atoms with Crippen LogP contribution in [0.25, 0.3) is 0 Å². The molecule has 0 aliphatic rings. The second-order valence-corrected chi connectivity index (χ2v) is 5.98. The molecule has 0 aliphatic carbocycles. The molecule has 2 N–H and O–H groups in total. The Hall–Kier alpha value is -1.39. The summed E-state index contributed by atoms with van der Waals surface area (Å²) in [5.41, 5.74) is -0.178. The third-order valence-corrected chi connectivity index (χ3v) is 1.90. The molecule has 0 fully saturated rings. The summed E-state index contributed by atoms with van der Waals surface area (Å²) in [5, 5.41) is 11.0. The van der Waals surface area contributed by atoms with Gasteiger partial charge in [-0.1, -0.05) is 20.8 Å². The fourth-order valence-corrected chi connectivity index (χ4v) is 1.24. The van der Waals surface area contributed by atoms with Crippen molar-refractivity contribution in [1.82, 2.24) is 15.2 Å². The van der Waals surface area contributed by atoms with Crippen LogP contribution in [-0.4, -0.2) is 20.7 Å². The largest absolute Gasteiger partial charge is 0.350 e. The average Bonchev–Trinajstić information content (AvgIpc) is 1.97. The van der Waals surface area contributed by atoms with Gasteiger partial charge in [0.2, 0.25) is 5.95 Å². The molecule has 0 radical (unpaired) electrons. The summed E-state index contributed by atoms with van der Waals surface area (Å²) in [6, 6.07) is 0. The van der Waals surface area contributed by atoms with Gasteiger partial charge >= 0.3 is 0 Å². The second kappa shape index (κ2) is 3.88. The molecule has 0 atom stereocenters. The number of nitrogens with zero attached hydrogens (tertiary/aromatic N) is 2. The molecule has 0 aliphatic heterocycles. The van der Waals surface area contributed by atoms with E-state index in [-0.39, 0.29) is 16.5 Å². The van der Waals surface area contributed by atoms with Crippen molar-refractivity contribution in [3.05, 3.63) is 16.0 Å². The number of anilines is 1. The predicted molar refractivity (Wildman–Crippen MR) is 64.7 cm³/mol. The zero-order valence-corrected chi connectivity index (χ0v) is 10.8. The van der Waals surface area contributed by atoms with E-state index in [1.165, 1.54) is 0 Å². The molecule has 1 aromatic rings. The number of nitrogens with one attached hydrogen (secondary N) is 2. The van der Waals surface area contributed by atoms with E-state index in [1.807, 2.05) is 41.5 Å². The highest BCUT2D eigenvalue weighted by atomic mass is 16.1. The third kappa shape index (κ3) is 3.32. The van der Waals surface area contributed by atoms with Crippen LogP contribution in [0.2, 0.25) is 0 Å². The van der Waals surface area contributed by atoms with Crippen LogP contribution >= 0.6 is 0 Å². The number of aromatic nitrogens is 3. The van der Waals surface area contributed by atoms with Crippen LogP contribution in [0.5, 0.6) is 0 Å². The van der Waals surface area contributed by atoms with Gasteiger partial charge in [-0.25, -0.2) is 0 Å². The van der Waals surface area contributed by atoms with Crippen molar-refractivity contribution in [2.45, 2.75) is 52.5 Å². The monoisotopic (exact) mass is 224 g/mol. The number of hydrogen-bond acceptors (Lipinski definition) is 4. The summed E-state index contributed by atoms with van der Waals surface area (Å²) in [4.78, 5) is 14.5. The lowest BCUT2D eigenvalue weighted by Gasteiger charge is -2.21. The first-order valence-corrected chi connectivity index (χ1v) is 5.35. The van der Waals surface area contributed by atoms with E-state index < -0.39 is 0 Å². The van der Waals surface area contributed by atoms with E-state index in [4.69, 9.17) is 0 Å². The van der Waals surface area contributed by atoms with Crippen LogP contribution in [0.15, 0.2) is 4.79 Å². The molecule has 0 spiro atoms. The van der Waals surface area contributed by atoms with Gasteiger partial charge < -0.3 is 5.32 Å². The van der Waals surface area contributed by atoms with Crippen LogP contribution < -0.4 is 10.9 Å². The lowest BCUT2D eigenvalue weighted by Crippen LogP contribution is -2.32. The zero-order chi connectivity index (χ0) is 12.6. The van der Waals surface area contributed by atoms with Crippen LogP contribution in [0.4, 0.5) is 5.95 Å². The van der Waals surface area contributed by atoms with Gasteiger partial charge in [0.1, 0.15) is 5.69 Å². The summed E-state index contributed by atoms with van der Waals surface area (Å²) in [7, 11) is 0. The van der Waals surface area contributed by atoms with Gasteiger partial charge in [0.15, 0.2) is 0 Å². The summed E-state index contributed by atoms with van der Waals surface area (Å²) < 4.78 is 0. The molecule has 1 rings (SSSR count). The van der Waals surface area contributed by atoms with Gasteiger partial charge in [-0.2, -0.15) is 0 Å². The number of rotatable bonds is 1. The Balaban J connectivity index is 3.06.